The number of urea groups is 1. The molecule has 0 bridgehead atoms. The van der Waals surface area contributed by atoms with Gasteiger partial charge in [-0.05, 0) is 24.3 Å². The molecule has 1 aromatic carbocycles. The van der Waals surface area contributed by atoms with Crippen molar-refractivity contribution in [2.75, 3.05) is 5.32 Å². The number of nitrogens with one attached hydrogen (secondary N) is 3. The van der Waals surface area contributed by atoms with Crippen molar-refractivity contribution < 1.29 is 9.59 Å². The summed E-state index contributed by atoms with van der Waals surface area (Å²) in [6.45, 7) is 5.94. The molecule has 3 N–H and O–H groups in total. The third-order valence-corrected chi connectivity index (χ3v) is 3.26. The second kappa shape index (κ2) is 7.53. The number of Topliss-reactive ketones (excluding diaryl/α,β-unsaturated/α-hetero) is 1. The largest absolute Gasteiger partial charge is 0.331 e. The lowest BCUT2D eigenvalue weighted by atomic mass is 10.0. The van der Waals surface area contributed by atoms with Gasteiger partial charge in [0.25, 0.3) is 0 Å². The molecule has 0 unspecified atom stereocenters. The Bertz CT molecular complexity index is 676. The average molecular weight is 315 g/mol. The number of nitrogens with zero attached hydrogens (tertiary/aromatic N) is 2. The summed E-state index contributed by atoms with van der Waals surface area (Å²) in [4.78, 5) is 27.9. The maximum absolute atomic E-state index is 11.8. The molecule has 7 nitrogen and oxygen atoms in total. The highest BCUT2D eigenvalue weighted by Crippen LogP contribution is 2.13. The van der Waals surface area contributed by atoms with Gasteiger partial charge in [0.05, 0.1) is 6.54 Å². The molecule has 0 aliphatic heterocycles. The fourth-order valence-corrected chi connectivity index (χ4v) is 1.96. The smallest absolute Gasteiger partial charge is 0.319 e. The SMILES string of the molecule is CCc1n[nH]c(CNC(=O)Nc2ccc(C(=O)C(C)C)cc2)n1. The van der Waals surface area contributed by atoms with Crippen LogP contribution in [-0.2, 0) is 13.0 Å². The van der Waals surface area contributed by atoms with Gasteiger partial charge in [0, 0.05) is 23.6 Å². The van der Waals surface area contributed by atoms with Crippen LogP contribution in [0.1, 0.15) is 42.8 Å². The summed E-state index contributed by atoms with van der Waals surface area (Å²) in [6, 6.07) is 6.49. The minimum Gasteiger partial charge on any atom is -0.331 e. The van der Waals surface area contributed by atoms with Crippen molar-refractivity contribution in [2.24, 2.45) is 5.92 Å². The molecule has 0 radical (unpaired) electrons. The van der Waals surface area contributed by atoms with Crippen LogP contribution < -0.4 is 10.6 Å². The van der Waals surface area contributed by atoms with Gasteiger partial charge >= 0.3 is 6.03 Å². The van der Waals surface area contributed by atoms with Gasteiger partial charge in [0.2, 0.25) is 0 Å². The molecular weight excluding hydrogens is 294 g/mol. The molecule has 1 heterocycles. The fraction of sp³-hybridized carbons (Fsp3) is 0.375. The Labute approximate surface area is 134 Å². The predicted octanol–water partition coefficient (Wildman–Crippen LogP) is 2.53. The Morgan fingerprint density at radius 2 is 1.91 bits per heavy atom. The molecule has 2 amide bonds. The molecule has 1 aromatic heterocycles. The van der Waals surface area contributed by atoms with Crippen LogP contribution in [0.3, 0.4) is 0 Å². The summed E-state index contributed by atoms with van der Waals surface area (Å²) in [7, 11) is 0. The highest BCUT2D eigenvalue weighted by Gasteiger charge is 2.10. The summed E-state index contributed by atoms with van der Waals surface area (Å²) < 4.78 is 0. The van der Waals surface area contributed by atoms with E-state index in [-0.39, 0.29) is 24.3 Å². The van der Waals surface area contributed by atoms with Crippen molar-refractivity contribution >= 4 is 17.5 Å². The quantitative estimate of drug-likeness (QED) is 0.713. The normalized spacial score (nSPS) is 10.6. The van der Waals surface area contributed by atoms with Crippen molar-refractivity contribution in [1.29, 1.82) is 0 Å². The molecule has 7 heteroatoms. The maximum Gasteiger partial charge on any atom is 0.319 e. The minimum absolute atomic E-state index is 0.0491. The number of aromatic amines is 1. The van der Waals surface area contributed by atoms with Crippen molar-refractivity contribution in [3.05, 3.63) is 41.5 Å². The van der Waals surface area contributed by atoms with E-state index in [0.29, 0.717) is 22.9 Å². The van der Waals surface area contributed by atoms with Gasteiger partial charge in [-0.1, -0.05) is 20.8 Å². The number of aryl methyl sites for hydroxylation is 1. The van der Waals surface area contributed by atoms with E-state index in [4.69, 9.17) is 0 Å². The Kier molecular flexibility index (Phi) is 5.46. The van der Waals surface area contributed by atoms with Gasteiger partial charge in [-0.25, -0.2) is 9.78 Å². The number of carbonyl (C=O) groups excluding carboxylic acids is 2. The lowest BCUT2D eigenvalue weighted by Crippen LogP contribution is -2.28. The van der Waals surface area contributed by atoms with Crippen LogP contribution in [0.25, 0.3) is 0 Å². The van der Waals surface area contributed by atoms with Crippen LogP contribution in [0.5, 0.6) is 0 Å². The van der Waals surface area contributed by atoms with E-state index in [1.807, 2.05) is 20.8 Å². The number of hydrogen-bond donors (Lipinski definition) is 3. The molecule has 0 fully saturated rings. The molecule has 0 spiro atoms. The van der Waals surface area contributed by atoms with E-state index in [0.717, 1.165) is 6.42 Å². The van der Waals surface area contributed by atoms with Gasteiger partial charge in [-0.3, -0.25) is 9.89 Å². The number of carbonyl (C=O) groups is 2. The first-order valence-electron chi connectivity index (χ1n) is 7.59. The molecule has 122 valence electrons. The lowest BCUT2D eigenvalue weighted by Gasteiger charge is -2.08. The van der Waals surface area contributed by atoms with E-state index in [2.05, 4.69) is 25.8 Å². The molecular formula is C16H21N5O2. The van der Waals surface area contributed by atoms with Gasteiger partial charge in [-0.2, -0.15) is 5.10 Å². The fourth-order valence-electron chi connectivity index (χ4n) is 1.96. The van der Waals surface area contributed by atoms with Crippen LogP contribution in [0, 0.1) is 5.92 Å². The topological polar surface area (TPSA) is 99.8 Å². The zero-order valence-electron chi connectivity index (χ0n) is 13.5. The van der Waals surface area contributed by atoms with E-state index in [9.17, 15) is 9.59 Å². The van der Waals surface area contributed by atoms with Gasteiger partial charge < -0.3 is 10.6 Å². The van der Waals surface area contributed by atoms with Crippen LogP contribution in [0.2, 0.25) is 0 Å². The van der Waals surface area contributed by atoms with E-state index in [1.54, 1.807) is 24.3 Å². The summed E-state index contributed by atoms with van der Waals surface area (Å²) in [6.07, 6.45) is 0.740. The van der Waals surface area contributed by atoms with E-state index < -0.39 is 0 Å². The molecule has 23 heavy (non-hydrogen) atoms. The molecule has 0 aliphatic carbocycles. The Hall–Kier alpha value is -2.70. The average Bonchev–Trinajstić information content (AvgIpc) is 3.01. The van der Waals surface area contributed by atoms with E-state index >= 15 is 0 Å². The van der Waals surface area contributed by atoms with Crippen molar-refractivity contribution in [3.8, 4) is 0 Å². The Morgan fingerprint density at radius 3 is 2.48 bits per heavy atom. The van der Waals surface area contributed by atoms with Crippen LogP contribution in [-0.4, -0.2) is 27.0 Å². The van der Waals surface area contributed by atoms with Gasteiger partial charge in [0.15, 0.2) is 11.6 Å². The van der Waals surface area contributed by atoms with Crippen molar-refractivity contribution in [3.63, 3.8) is 0 Å². The summed E-state index contributed by atoms with van der Waals surface area (Å²) in [5, 5.41) is 12.2. The number of rotatable bonds is 6. The molecule has 2 rings (SSSR count). The van der Waals surface area contributed by atoms with Crippen LogP contribution in [0.4, 0.5) is 10.5 Å². The molecule has 0 atom stereocenters. The summed E-state index contributed by atoms with van der Waals surface area (Å²) in [5.41, 5.74) is 1.26. The van der Waals surface area contributed by atoms with Gasteiger partial charge in [-0.15, -0.1) is 0 Å². The predicted molar refractivity (Wildman–Crippen MR) is 87.2 cm³/mol. The summed E-state index contributed by atoms with van der Waals surface area (Å²) >= 11 is 0. The van der Waals surface area contributed by atoms with Crippen LogP contribution >= 0.6 is 0 Å². The summed E-state index contributed by atoms with van der Waals surface area (Å²) in [5.74, 6) is 1.35. The number of benzene rings is 1. The Balaban J connectivity index is 1.86. The Morgan fingerprint density at radius 1 is 1.22 bits per heavy atom. The second-order valence-corrected chi connectivity index (χ2v) is 5.46. The molecule has 2 aromatic rings. The molecule has 0 saturated carbocycles. The van der Waals surface area contributed by atoms with Crippen LogP contribution in [0.15, 0.2) is 24.3 Å². The second-order valence-electron chi connectivity index (χ2n) is 5.46. The number of hydrogen-bond acceptors (Lipinski definition) is 4. The van der Waals surface area contributed by atoms with Crippen molar-refractivity contribution in [2.45, 2.75) is 33.7 Å². The first-order valence-corrected chi connectivity index (χ1v) is 7.59. The zero-order chi connectivity index (χ0) is 16.8. The monoisotopic (exact) mass is 315 g/mol. The first-order chi connectivity index (χ1) is 11.0. The third kappa shape index (κ3) is 4.64. The molecule has 0 saturated heterocycles. The number of aromatic nitrogens is 3. The van der Waals surface area contributed by atoms with E-state index in [1.165, 1.54) is 0 Å². The zero-order valence-corrected chi connectivity index (χ0v) is 13.5. The number of H-pyrrole nitrogens is 1. The highest BCUT2D eigenvalue weighted by molar-refractivity contribution is 5.98. The lowest BCUT2D eigenvalue weighted by molar-refractivity contribution is 0.0939. The first kappa shape index (κ1) is 16.7. The van der Waals surface area contributed by atoms with Gasteiger partial charge in [0.1, 0.15) is 5.82 Å². The molecule has 0 aliphatic rings. The minimum atomic E-state index is -0.345. The maximum atomic E-state index is 11.8. The number of ketones is 1. The number of anilines is 1. The highest BCUT2D eigenvalue weighted by atomic mass is 16.2. The number of amides is 2. The standard InChI is InChI=1S/C16H21N5O2/c1-4-13-19-14(21-20-13)9-17-16(23)18-12-7-5-11(6-8-12)15(22)10(2)3/h5-8,10H,4,9H2,1-3H3,(H2,17,18,23)(H,19,20,21). The van der Waals surface area contributed by atoms with Crippen molar-refractivity contribution in [1.82, 2.24) is 20.5 Å². The third-order valence-electron chi connectivity index (χ3n) is 3.26.